The maximum atomic E-state index is 13.0. The van der Waals surface area contributed by atoms with Gasteiger partial charge in [0.15, 0.2) is 9.84 Å². The Morgan fingerprint density at radius 1 is 1.06 bits per heavy atom. The van der Waals surface area contributed by atoms with Gasteiger partial charge in [0.2, 0.25) is 5.91 Å². The SMILES string of the molecule is CCOc1ccc(NC(=O)CCS(=O)(=O)c2cc(-c3ccc(=O)[nH]n3)ccc2CC)cc1. The summed E-state index contributed by atoms with van der Waals surface area (Å²) in [6, 6.07) is 14.8. The minimum atomic E-state index is -3.72. The second-order valence-corrected chi connectivity index (χ2v) is 9.13. The summed E-state index contributed by atoms with van der Waals surface area (Å²) in [5.74, 6) is -0.0305. The van der Waals surface area contributed by atoms with E-state index in [1.165, 1.54) is 12.1 Å². The monoisotopic (exact) mass is 455 g/mol. The largest absolute Gasteiger partial charge is 0.494 e. The number of amides is 1. The van der Waals surface area contributed by atoms with E-state index in [0.29, 0.717) is 41.3 Å². The van der Waals surface area contributed by atoms with Gasteiger partial charge in [0, 0.05) is 23.7 Å². The normalized spacial score (nSPS) is 11.2. The van der Waals surface area contributed by atoms with E-state index in [9.17, 15) is 18.0 Å². The van der Waals surface area contributed by atoms with Crippen LogP contribution in [0.2, 0.25) is 0 Å². The standard InChI is InChI=1S/C23H25N3O5S/c1-3-16-5-6-17(20-11-12-23(28)26-25-20)15-21(16)32(29,30)14-13-22(27)24-18-7-9-19(10-8-18)31-4-2/h5-12,15H,3-4,13-14H2,1-2H3,(H,24,27)(H,26,28). The molecule has 0 saturated heterocycles. The molecule has 8 nitrogen and oxygen atoms in total. The fraction of sp³-hybridized carbons (Fsp3) is 0.261. The van der Waals surface area contributed by atoms with Crippen molar-refractivity contribution in [2.24, 2.45) is 0 Å². The molecule has 0 aliphatic heterocycles. The molecular formula is C23H25N3O5S. The van der Waals surface area contributed by atoms with Gasteiger partial charge in [-0.2, -0.15) is 5.10 Å². The number of carbonyl (C=O) groups is 1. The van der Waals surface area contributed by atoms with Crippen LogP contribution < -0.4 is 15.6 Å². The average Bonchev–Trinajstić information content (AvgIpc) is 2.79. The molecule has 0 fully saturated rings. The molecule has 0 spiro atoms. The van der Waals surface area contributed by atoms with Crippen molar-refractivity contribution in [3.63, 3.8) is 0 Å². The quantitative estimate of drug-likeness (QED) is 0.512. The summed E-state index contributed by atoms with van der Waals surface area (Å²) in [5.41, 5.74) is 1.90. The highest BCUT2D eigenvalue weighted by Crippen LogP contribution is 2.25. The van der Waals surface area contributed by atoms with Gasteiger partial charge >= 0.3 is 0 Å². The van der Waals surface area contributed by atoms with Crippen LogP contribution in [0.1, 0.15) is 25.8 Å². The number of rotatable bonds is 9. The van der Waals surface area contributed by atoms with Crippen molar-refractivity contribution in [2.45, 2.75) is 31.6 Å². The first kappa shape index (κ1) is 23.2. The van der Waals surface area contributed by atoms with Crippen LogP contribution >= 0.6 is 0 Å². The Kier molecular flexibility index (Phi) is 7.42. The van der Waals surface area contributed by atoms with Crippen LogP contribution in [-0.4, -0.2) is 36.9 Å². The Morgan fingerprint density at radius 2 is 1.81 bits per heavy atom. The van der Waals surface area contributed by atoms with Crippen molar-refractivity contribution in [1.29, 1.82) is 0 Å². The summed E-state index contributed by atoms with van der Waals surface area (Å²) in [7, 11) is -3.72. The summed E-state index contributed by atoms with van der Waals surface area (Å²) < 4.78 is 31.5. The number of aromatic nitrogens is 2. The van der Waals surface area contributed by atoms with Gasteiger partial charge in [0.05, 0.1) is 22.9 Å². The summed E-state index contributed by atoms with van der Waals surface area (Å²) in [6.07, 6.45) is 0.339. The first-order valence-electron chi connectivity index (χ1n) is 10.3. The number of hydrogen-bond acceptors (Lipinski definition) is 6. The third-order valence-electron chi connectivity index (χ3n) is 4.80. The van der Waals surface area contributed by atoms with Crippen LogP contribution in [0.25, 0.3) is 11.3 Å². The number of nitrogens with zero attached hydrogens (tertiary/aromatic N) is 1. The lowest BCUT2D eigenvalue weighted by Crippen LogP contribution is -2.18. The van der Waals surface area contributed by atoms with E-state index in [4.69, 9.17) is 4.74 Å². The molecule has 1 heterocycles. The molecule has 0 radical (unpaired) electrons. The van der Waals surface area contributed by atoms with Crippen molar-refractivity contribution in [2.75, 3.05) is 17.7 Å². The van der Waals surface area contributed by atoms with E-state index in [2.05, 4.69) is 15.5 Å². The van der Waals surface area contributed by atoms with Gasteiger partial charge in [-0.1, -0.05) is 19.1 Å². The second-order valence-electron chi connectivity index (χ2n) is 7.06. The molecule has 32 heavy (non-hydrogen) atoms. The van der Waals surface area contributed by atoms with Crippen LogP contribution in [0.15, 0.2) is 64.3 Å². The van der Waals surface area contributed by atoms with Crippen molar-refractivity contribution in [3.05, 3.63) is 70.5 Å². The molecule has 0 atom stereocenters. The molecule has 2 aromatic carbocycles. The lowest BCUT2D eigenvalue weighted by atomic mass is 10.1. The number of aryl methyl sites for hydroxylation is 1. The Labute approximate surface area is 186 Å². The highest BCUT2D eigenvalue weighted by atomic mass is 32.2. The Balaban J connectivity index is 1.73. The lowest BCUT2D eigenvalue weighted by molar-refractivity contribution is -0.115. The Morgan fingerprint density at radius 3 is 2.44 bits per heavy atom. The van der Waals surface area contributed by atoms with Gasteiger partial charge in [0.25, 0.3) is 5.56 Å². The number of H-pyrrole nitrogens is 1. The van der Waals surface area contributed by atoms with E-state index in [1.54, 1.807) is 42.5 Å². The van der Waals surface area contributed by atoms with Gasteiger partial charge in [-0.15, -0.1) is 0 Å². The van der Waals surface area contributed by atoms with E-state index < -0.39 is 15.7 Å². The van der Waals surface area contributed by atoms with Crippen LogP contribution in [0, 0.1) is 0 Å². The summed E-state index contributed by atoms with van der Waals surface area (Å²) in [5, 5.41) is 9.01. The van der Waals surface area contributed by atoms with Crippen molar-refractivity contribution in [3.8, 4) is 17.0 Å². The molecule has 0 saturated carbocycles. The van der Waals surface area contributed by atoms with E-state index in [-0.39, 0.29) is 22.6 Å². The zero-order valence-electron chi connectivity index (χ0n) is 17.9. The molecular weight excluding hydrogens is 430 g/mol. The van der Waals surface area contributed by atoms with E-state index >= 15 is 0 Å². The smallest absolute Gasteiger partial charge is 0.264 e. The maximum absolute atomic E-state index is 13.0. The number of ether oxygens (including phenoxy) is 1. The van der Waals surface area contributed by atoms with Crippen LogP contribution in [-0.2, 0) is 21.1 Å². The van der Waals surface area contributed by atoms with Gasteiger partial charge in [0.1, 0.15) is 5.75 Å². The molecule has 9 heteroatoms. The number of anilines is 1. The van der Waals surface area contributed by atoms with Gasteiger partial charge in [-0.3, -0.25) is 9.59 Å². The predicted octanol–water partition coefficient (Wildman–Crippen LogP) is 3.20. The first-order valence-corrected chi connectivity index (χ1v) is 11.9. The van der Waals surface area contributed by atoms with Crippen molar-refractivity contribution in [1.82, 2.24) is 10.2 Å². The van der Waals surface area contributed by atoms with Gasteiger partial charge < -0.3 is 10.1 Å². The van der Waals surface area contributed by atoms with Crippen LogP contribution in [0.5, 0.6) is 5.75 Å². The topological polar surface area (TPSA) is 118 Å². The van der Waals surface area contributed by atoms with E-state index in [1.807, 2.05) is 13.8 Å². The molecule has 1 amide bonds. The highest BCUT2D eigenvalue weighted by molar-refractivity contribution is 7.91. The number of carbonyl (C=O) groups excluding carboxylic acids is 1. The molecule has 3 rings (SSSR count). The fourth-order valence-corrected chi connectivity index (χ4v) is 4.75. The number of hydrogen-bond donors (Lipinski definition) is 2. The minimum Gasteiger partial charge on any atom is -0.494 e. The molecule has 2 N–H and O–H groups in total. The summed E-state index contributed by atoms with van der Waals surface area (Å²) in [4.78, 5) is 23.7. The Hall–Kier alpha value is -3.46. The number of benzene rings is 2. The zero-order chi connectivity index (χ0) is 23.1. The molecule has 168 valence electrons. The molecule has 3 aromatic rings. The predicted molar refractivity (Wildman–Crippen MR) is 123 cm³/mol. The second kappa shape index (κ2) is 10.2. The minimum absolute atomic E-state index is 0.166. The van der Waals surface area contributed by atoms with Crippen LogP contribution in [0.4, 0.5) is 5.69 Å². The molecule has 0 aliphatic rings. The number of aromatic amines is 1. The van der Waals surface area contributed by atoms with Crippen molar-refractivity contribution < 1.29 is 17.9 Å². The molecule has 1 aromatic heterocycles. The molecule has 0 aliphatic carbocycles. The lowest BCUT2D eigenvalue weighted by Gasteiger charge is -2.12. The third-order valence-corrected chi connectivity index (χ3v) is 6.60. The average molecular weight is 456 g/mol. The summed E-state index contributed by atoms with van der Waals surface area (Å²) in [6.45, 7) is 4.29. The third kappa shape index (κ3) is 5.82. The first-order chi connectivity index (χ1) is 15.3. The number of nitrogens with one attached hydrogen (secondary N) is 2. The van der Waals surface area contributed by atoms with Crippen molar-refractivity contribution >= 4 is 21.4 Å². The van der Waals surface area contributed by atoms with Gasteiger partial charge in [-0.05, 0) is 55.3 Å². The zero-order valence-corrected chi connectivity index (χ0v) is 18.7. The number of sulfone groups is 1. The maximum Gasteiger partial charge on any atom is 0.264 e. The Bertz CT molecular complexity index is 1230. The summed E-state index contributed by atoms with van der Waals surface area (Å²) >= 11 is 0. The molecule has 0 bridgehead atoms. The van der Waals surface area contributed by atoms with Gasteiger partial charge in [-0.25, -0.2) is 13.5 Å². The molecule has 0 unspecified atom stereocenters. The highest BCUT2D eigenvalue weighted by Gasteiger charge is 2.21. The van der Waals surface area contributed by atoms with E-state index in [0.717, 1.165) is 0 Å². The van der Waals surface area contributed by atoms with Crippen LogP contribution in [0.3, 0.4) is 0 Å². The fourth-order valence-electron chi connectivity index (χ4n) is 3.16.